The van der Waals surface area contributed by atoms with E-state index in [1.54, 1.807) is 19.1 Å². The summed E-state index contributed by atoms with van der Waals surface area (Å²) in [7, 11) is 3.28. The number of nitrogens with zero attached hydrogens (tertiary/aromatic N) is 1. The molecule has 2 aromatic carbocycles. The SMILES string of the molecule is COc1cccc(-c2ccc([C@]3(OC)C[C@@H](CO)N(C(=O)[C@@H](NC(=O)OC4CCCC4)C(C)(C)C)C3)cc2)c1. The molecule has 2 fully saturated rings. The summed E-state index contributed by atoms with van der Waals surface area (Å²) in [6, 6.07) is 14.7. The minimum absolute atomic E-state index is 0.0983. The number of amides is 2. The molecule has 0 bridgehead atoms. The molecule has 2 N–H and O–H groups in total. The second kappa shape index (κ2) is 12.0. The summed E-state index contributed by atoms with van der Waals surface area (Å²) >= 11 is 0. The van der Waals surface area contributed by atoms with Crippen molar-refractivity contribution in [2.45, 2.75) is 76.7 Å². The van der Waals surface area contributed by atoms with Crippen molar-refractivity contribution in [1.82, 2.24) is 10.2 Å². The Morgan fingerprint density at radius 3 is 2.36 bits per heavy atom. The third-order valence-electron chi connectivity index (χ3n) is 8.08. The molecule has 1 heterocycles. The van der Waals surface area contributed by atoms with Gasteiger partial charge in [-0.25, -0.2) is 4.79 Å². The number of hydrogen-bond donors (Lipinski definition) is 2. The lowest BCUT2D eigenvalue weighted by molar-refractivity contribution is -0.138. The molecule has 4 rings (SSSR count). The first kappa shape index (κ1) is 28.9. The summed E-state index contributed by atoms with van der Waals surface area (Å²) in [6.45, 7) is 5.79. The molecule has 1 saturated heterocycles. The Kier molecular flexibility index (Phi) is 8.86. The summed E-state index contributed by atoms with van der Waals surface area (Å²) < 4.78 is 17.0. The van der Waals surface area contributed by atoms with Gasteiger partial charge in [-0.2, -0.15) is 0 Å². The summed E-state index contributed by atoms with van der Waals surface area (Å²) in [6.07, 6.45) is 3.57. The van der Waals surface area contributed by atoms with Gasteiger partial charge < -0.3 is 29.5 Å². The van der Waals surface area contributed by atoms with Crippen molar-refractivity contribution < 1.29 is 28.9 Å². The lowest BCUT2D eigenvalue weighted by Crippen LogP contribution is -2.56. The van der Waals surface area contributed by atoms with Crippen LogP contribution in [0, 0.1) is 5.41 Å². The molecule has 0 spiro atoms. The molecule has 1 saturated carbocycles. The molecule has 1 aliphatic heterocycles. The second-order valence-corrected chi connectivity index (χ2v) is 11.8. The number of carbonyl (C=O) groups is 2. The van der Waals surface area contributed by atoms with Gasteiger partial charge in [-0.3, -0.25) is 4.79 Å². The van der Waals surface area contributed by atoms with Crippen LogP contribution in [-0.4, -0.2) is 67.6 Å². The van der Waals surface area contributed by atoms with Crippen LogP contribution in [0.15, 0.2) is 48.5 Å². The Hall–Kier alpha value is -3.10. The van der Waals surface area contributed by atoms with E-state index >= 15 is 0 Å². The summed E-state index contributed by atoms with van der Waals surface area (Å²) in [5.74, 6) is 0.534. The van der Waals surface area contributed by atoms with E-state index in [9.17, 15) is 14.7 Å². The predicted molar refractivity (Wildman–Crippen MR) is 149 cm³/mol. The van der Waals surface area contributed by atoms with Crippen LogP contribution < -0.4 is 10.1 Å². The van der Waals surface area contributed by atoms with E-state index in [0.717, 1.165) is 48.1 Å². The molecule has 2 aromatic rings. The first-order valence-corrected chi connectivity index (χ1v) is 13.8. The molecule has 3 atom stereocenters. The van der Waals surface area contributed by atoms with Crippen LogP contribution in [0.2, 0.25) is 0 Å². The molecule has 39 heavy (non-hydrogen) atoms. The zero-order valence-corrected chi connectivity index (χ0v) is 23.7. The van der Waals surface area contributed by atoms with Crippen LogP contribution in [0.3, 0.4) is 0 Å². The Balaban J connectivity index is 1.54. The zero-order chi connectivity index (χ0) is 28.2. The largest absolute Gasteiger partial charge is 0.497 e. The Morgan fingerprint density at radius 2 is 1.77 bits per heavy atom. The van der Waals surface area contributed by atoms with Crippen LogP contribution in [0.1, 0.15) is 58.4 Å². The van der Waals surface area contributed by atoms with Crippen LogP contribution >= 0.6 is 0 Å². The summed E-state index contributed by atoms with van der Waals surface area (Å²) in [5.41, 5.74) is 1.63. The molecule has 0 aromatic heterocycles. The van der Waals surface area contributed by atoms with Crippen LogP contribution in [0.5, 0.6) is 5.75 Å². The van der Waals surface area contributed by atoms with Crippen molar-refractivity contribution in [3.05, 3.63) is 54.1 Å². The van der Waals surface area contributed by atoms with Crippen molar-refractivity contribution in [2.24, 2.45) is 5.41 Å². The molecule has 212 valence electrons. The highest BCUT2D eigenvalue weighted by Gasteiger charge is 2.50. The minimum Gasteiger partial charge on any atom is -0.497 e. The fourth-order valence-electron chi connectivity index (χ4n) is 5.75. The maximum absolute atomic E-state index is 13.9. The van der Waals surface area contributed by atoms with Crippen LogP contribution in [0.4, 0.5) is 4.79 Å². The standard InChI is InChI=1S/C31H42N2O6/c1-30(2,3)27(32-29(36)39-25-10-6-7-11-25)28(35)33-20-31(38-5,18-24(33)19-34)23-15-13-21(14-16-23)22-9-8-12-26(17-22)37-4/h8-9,12-17,24-25,27,34H,6-7,10-11,18-20H2,1-5H3,(H,32,36)/t24-,27+,31-/m0/s1. The van der Waals surface area contributed by atoms with Gasteiger partial charge in [0.05, 0.1) is 26.3 Å². The number of benzene rings is 2. The zero-order valence-electron chi connectivity index (χ0n) is 23.7. The van der Waals surface area contributed by atoms with E-state index in [4.69, 9.17) is 14.2 Å². The third kappa shape index (κ3) is 6.39. The number of rotatable bonds is 8. The number of carbonyl (C=O) groups excluding carboxylic acids is 2. The van der Waals surface area contributed by atoms with E-state index in [-0.39, 0.29) is 25.2 Å². The van der Waals surface area contributed by atoms with Crippen molar-refractivity contribution in [3.8, 4) is 16.9 Å². The smallest absolute Gasteiger partial charge is 0.408 e. The molecule has 1 aliphatic carbocycles. The predicted octanol–water partition coefficient (Wildman–Crippen LogP) is 4.88. The maximum atomic E-state index is 13.9. The number of ether oxygens (including phenoxy) is 3. The first-order chi connectivity index (χ1) is 18.6. The van der Waals surface area contributed by atoms with Crippen LogP contribution in [0.25, 0.3) is 11.1 Å². The number of methoxy groups -OCH3 is 2. The highest BCUT2D eigenvalue weighted by atomic mass is 16.6. The van der Waals surface area contributed by atoms with Gasteiger partial charge in [-0.1, -0.05) is 57.2 Å². The lowest BCUT2D eigenvalue weighted by Gasteiger charge is -2.35. The molecular weight excluding hydrogens is 496 g/mol. The van der Waals surface area contributed by atoms with E-state index in [2.05, 4.69) is 5.32 Å². The normalized spacial score (nSPS) is 22.5. The summed E-state index contributed by atoms with van der Waals surface area (Å²) in [4.78, 5) is 28.3. The molecule has 8 heteroatoms. The van der Waals surface area contributed by atoms with Crippen molar-refractivity contribution in [3.63, 3.8) is 0 Å². The Morgan fingerprint density at radius 1 is 1.08 bits per heavy atom. The topological polar surface area (TPSA) is 97.3 Å². The average Bonchev–Trinajstić information content (AvgIpc) is 3.59. The molecular formula is C31H42N2O6. The first-order valence-electron chi connectivity index (χ1n) is 13.8. The van der Waals surface area contributed by atoms with E-state index in [0.29, 0.717) is 6.42 Å². The van der Waals surface area contributed by atoms with Gasteiger partial charge in [-0.15, -0.1) is 0 Å². The van der Waals surface area contributed by atoms with Gasteiger partial charge in [0.1, 0.15) is 23.5 Å². The van der Waals surface area contributed by atoms with Gasteiger partial charge in [0.2, 0.25) is 5.91 Å². The van der Waals surface area contributed by atoms with Gasteiger partial charge in [0.15, 0.2) is 0 Å². The average molecular weight is 539 g/mol. The maximum Gasteiger partial charge on any atom is 0.408 e. The quantitative estimate of drug-likeness (QED) is 0.497. The Labute approximate surface area is 231 Å². The molecule has 0 radical (unpaired) electrons. The third-order valence-corrected chi connectivity index (χ3v) is 8.08. The fraction of sp³-hybridized carbons (Fsp3) is 0.548. The highest BCUT2D eigenvalue weighted by Crippen LogP contribution is 2.41. The molecule has 2 amide bonds. The van der Waals surface area contributed by atoms with Gasteiger partial charge >= 0.3 is 6.09 Å². The van der Waals surface area contributed by atoms with Crippen molar-refractivity contribution in [2.75, 3.05) is 27.4 Å². The lowest BCUT2D eigenvalue weighted by atomic mass is 9.85. The monoisotopic (exact) mass is 538 g/mol. The highest BCUT2D eigenvalue weighted by molar-refractivity contribution is 5.87. The Bertz CT molecular complexity index is 1140. The summed E-state index contributed by atoms with van der Waals surface area (Å²) in [5, 5.41) is 13.1. The number of aliphatic hydroxyl groups is 1. The molecule has 2 aliphatic rings. The van der Waals surface area contributed by atoms with E-state index in [1.165, 1.54) is 0 Å². The van der Waals surface area contributed by atoms with Crippen molar-refractivity contribution in [1.29, 1.82) is 0 Å². The molecule has 8 nitrogen and oxygen atoms in total. The number of alkyl carbamates (subject to hydrolysis) is 1. The van der Waals surface area contributed by atoms with E-state index < -0.39 is 29.2 Å². The number of aliphatic hydroxyl groups excluding tert-OH is 1. The number of hydrogen-bond acceptors (Lipinski definition) is 6. The molecule has 0 unspecified atom stereocenters. The fourth-order valence-corrected chi connectivity index (χ4v) is 5.75. The number of likely N-dealkylation sites (tertiary alicyclic amines) is 1. The van der Waals surface area contributed by atoms with Gasteiger partial charge in [-0.05, 0) is 59.9 Å². The van der Waals surface area contributed by atoms with Crippen molar-refractivity contribution >= 4 is 12.0 Å². The van der Waals surface area contributed by atoms with Crippen LogP contribution in [-0.2, 0) is 19.9 Å². The van der Waals surface area contributed by atoms with E-state index in [1.807, 2.05) is 69.3 Å². The van der Waals surface area contributed by atoms with Gasteiger partial charge in [0.25, 0.3) is 0 Å². The minimum atomic E-state index is -0.816. The number of nitrogens with one attached hydrogen (secondary N) is 1. The van der Waals surface area contributed by atoms with Gasteiger partial charge in [0, 0.05) is 13.5 Å². The second-order valence-electron chi connectivity index (χ2n) is 11.8.